The molecule has 0 radical (unpaired) electrons. The molecule has 66 valence electrons. The van der Waals surface area contributed by atoms with Crippen LogP contribution in [0, 0.1) is 0 Å². The van der Waals surface area contributed by atoms with Crippen LogP contribution in [0.15, 0.2) is 47.6 Å². The molecule has 1 atom stereocenters. The van der Waals surface area contributed by atoms with Gasteiger partial charge in [0.15, 0.2) is 0 Å². The number of benzene rings is 1. The molecule has 2 rings (SSSR count). The van der Waals surface area contributed by atoms with E-state index in [1.807, 2.05) is 31.3 Å². The normalized spacial score (nSPS) is 20.7. The molecule has 1 heterocycles. The fourth-order valence-electron chi connectivity index (χ4n) is 1.38. The number of nitrogens with one attached hydrogen (secondary N) is 1. The van der Waals surface area contributed by atoms with Crippen LogP contribution in [0.25, 0.3) is 0 Å². The molecular weight excluding hydrogens is 160 g/mol. The molecule has 1 N–H and O–H groups in total. The summed E-state index contributed by atoms with van der Waals surface area (Å²) in [6.45, 7) is 1.97. The Labute approximate surface area is 78.0 Å². The molecule has 2 nitrogen and oxygen atoms in total. The highest BCUT2D eigenvalue weighted by atomic mass is 15.0. The van der Waals surface area contributed by atoms with E-state index >= 15 is 0 Å². The molecule has 1 aromatic rings. The fourth-order valence-corrected chi connectivity index (χ4v) is 1.38. The van der Waals surface area contributed by atoms with E-state index in [0.29, 0.717) is 0 Å². The van der Waals surface area contributed by atoms with Gasteiger partial charge in [-0.15, -0.1) is 0 Å². The second kappa shape index (κ2) is 3.44. The number of hydrogen-bond donors (Lipinski definition) is 1. The Hall–Kier alpha value is -1.57. The highest BCUT2D eigenvalue weighted by Gasteiger charge is 2.08. The van der Waals surface area contributed by atoms with Crippen molar-refractivity contribution in [3.63, 3.8) is 0 Å². The summed E-state index contributed by atoms with van der Waals surface area (Å²) in [6, 6.07) is 10.5. The van der Waals surface area contributed by atoms with Crippen molar-refractivity contribution in [3.8, 4) is 0 Å². The molecule has 2 heteroatoms. The molecular formula is C11H12N2. The van der Waals surface area contributed by atoms with Crippen LogP contribution in [0.4, 0.5) is 0 Å². The molecule has 1 unspecified atom stereocenters. The Bertz CT molecular complexity index is 338. The lowest BCUT2D eigenvalue weighted by Crippen LogP contribution is -2.18. The predicted molar refractivity (Wildman–Crippen MR) is 54.6 cm³/mol. The molecule has 0 amide bonds. The molecule has 1 aromatic carbocycles. The Kier molecular flexibility index (Phi) is 2.13. The van der Waals surface area contributed by atoms with Crippen molar-refractivity contribution >= 4 is 5.84 Å². The van der Waals surface area contributed by atoms with Gasteiger partial charge in [0, 0.05) is 6.20 Å². The van der Waals surface area contributed by atoms with Crippen molar-refractivity contribution in [2.45, 2.75) is 13.0 Å². The zero-order valence-electron chi connectivity index (χ0n) is 7.57. The third-order valence-electron chi connectivity index (χ3n) is 2.04. The molecule has 13 heavy (non-hydrogen) atoms. The second-order valence-corrected chi connectivity index (χ2v) is 3.07. The van der Waals surface area contributed by atoms with Crippen molar-refractivity contribution in [1.29, 1.82) is 0 Å². The minimum atomic E-state index is 0.183. The molecule has 1 aliphatic heterocycles. The largest absolute Gasteiger partial charge is 0.351 e. The summed E-state index contributed by atoms with van der Waals surface area (Å²) in [5, 5.41) is 3.05. The molecule has 0 aliphatic carbocycles. The standard InChI is InChI=1S/C11H12N2/c1-9-12-8-7-11(13-9)10-5-3-2-4-6-10/h2-8,11H,1H3,(H,12,13). The van der Waals surface area contributed by atoms with Gasteiger partial charge in [0.1, 0.15) is 0 Å². The molecule has 0 saturated heterocycles. The van der Waals surface area contributed by atoms with E-state index in [4.69, 9.17) is 0 Å². The summed E-state index contributed by atoms with van der Waals surface area (Å²) in [5.41, 5.74) is 1.24. The number of nitrogens with zero attached hydrogens (tertiary/aromatic N) is 1. The Balaban J connectivity index is 2.27. The maximum Gasteiger partial charge on any atom is 0.0982 e. The van der Waals surface area contributed by atoms with Gasteiger partial charge < -0.3 is 5.32 Å². The predicted octanol–water partition coefficient (Wildman–Crippen LogP) is 2.26. The van der Waals surface area contributed by atoms with E-state index in [2.05, 4.69) is 28.5 Å². The first kappa shape index (κ1) is 8.05. The van der Waals surface area contributed by atoms with Crippen molar-refractivity contribution < 1.29 is 0 Å². The summed E-state index contributed by atoms with van der Waals surface area (Å²) in [5.74, 6) is 0.969. The van der Waals surface area contributed by atoms with Gasteiger partial charge in [-0.3, -0.25) is 4.99 Å². The summed E-state index contributed by atoms with van der Waals surface area (Å²) in [7, 11) is 0. The van der Waals surface area contributed by atoms with Gasteiger partial charge in [0.05, 0.1) is 11.9 Å². The van der Waals surface area contributed by atoms with Crippen molar-refractivity contribution in [2.24, 2.45) is 4.99 Å². The highest BCUT2D eigenvalue weighted by Crippen LogP contribution is 2.19. The summed E-state index contributed by atoms with van der Waals surface area (Å²) in [6.07, 6.45) is 4.00. The molecule has 0 spiro atoms. The van der Waals surface area contributed by atoms with Gasteiger partial charge in [-0.05, 0) is 18.6 Å². The second-order valence-electron chi connectivity index (χ2n) is 3.07. The lowest BCUT2D eigenvalue weighted by Gasteiger charge is -2.14. The first-order valence-corrected chi connectivity index (χ1v) is 4.39. The van der Waals surface area contributed by atoms with E-state index in [0.717, 1.165) is 5.84 Å². The SMILES string of the molecule is CC1=NC(c2ccccc2)C=CN1. The molecule has 0 fully saturated rings. The third kappa shape index (κ3) is 1.78. The lowest BCUT2D eigenvalue weighted by atomic mass is 10.1. The summed E-state index contributed by atoms with van der Waals surface area (Å²) >= 11 is 0. The number of hydrogen-bond acceptors (Lipinski definition) is 2. The van der Waals surface area contributed by atoms with Gasteiger partial charge in [-0.25, -0.2) is 0 Å². The molecule has 0 aromatic heterocycles. The van der Waals surface area contributed by atoms with Crippen LogP contribution in [0.1, 0.15) is 18.5 Å². The molecule has 1 aliphatic rings. The van der Waals surface area contributed by atoms with Crippen molar-refractivity contribution in [3.05, 3.63) is 48.2 Å². The zero-order chi connectivity index (χ0) is 9.10. The highest BCUT2D eigenvalue weighted by molar-refractivity contribution is 5.81. The molecule has 0 bridgehead atoms. The van der Waals surface area contributed by atoms with Crippen LogP contribution in [-0.4, -0.2) is 5.84 Å². The lowest BCUT2D eigenvalue weighted by molar-refractivity contribution is 0.869. The van der Waals surface area contributed by atoms with Gasteiger partial charge in [-0.1, -0.05) is 30.3 Å². The van der Waals surface area contributed by atoms with Gasteiger partial charge in [0.25, 0.3) is 0 Å². The summed E-state index contributed by atoms with van der Waals surface area (Å²) in [4.78, 5) is 4.47. The molecule has 0 saturated carbocycles. The van der Waals surface area contributed by atoms with E-state index < -0.39 is 0 Å². The van der Waals surface area contributed by atoms with Gasteiger partial charge >= 0.3 is 0 Å². The Morgan fingerprint density at radius 3 is 2.69 bits per heavy atom. The maximum absolute atomic E-state index is 4.47. The van der Waals surface area contributed by atoms with Gasteiger partial charge in [0.2, 0.25) is 0 Å². The number of aliphatic imine (C=N–C) groups is 1. The van der Waals surface area contributed by atoms with Crippen molar-refractivity contribution in [2.75, 3.05) is 0 Å². The Morgan fingerprint density at radius 1 is 1.23 bits per heavy atom. The minimum absolute atomic E-state index is 0.183. The zero-order valence-corrected chi connectivity index (χ0v) is 7.57. The summed E-state index contributed by atoms with van der Waals surface area (Å²) < 4.78 is 0. The quantitative estimate of drug-likeness (QED) is 0.690. The fraction of sp³-hybridized carbons (Fsp3) is 0.182. The smallest absolute Gasteiger partial charge is 0.0982 e. The first-order chi connectivity index (χ1) is 6.36. The van der Waals surface area contributed by atoms with E-state index in [1.165, 1.54) is 5.56 Å². The van der Waals surface area contributed by atoms with E-state index in [-0.39, 0.29) is 6.04 Å². The van der Waals surface area contributed by atoms with Crippen LogP contribution >= 0.6 is 0 Å². The van der Waals surface area contributed by atoms with E-state index in [1.54, 1.807) is 0 Å². The third-order valence-corrected chi connectivity index (χ3v) is 2.04. The Morgan fingerprint density at radius 2 is 2.00 bits per heavy atom. The van der Waals surface area contributed by atoms with Crippen LogP contribution < -0.4 is 5.32 Å². The minimum Gasteiger partial charge on any atom is -0.351 e. The van der Waals surface area contributed by atoms with Crippen LogP contribution in [0.2, 0.25) is 0 Å². The monoisotopic (exact) mass is 172 g/mol. The average Bonchev–Trinajstić information content (AvgIpc) is 2.19. The number of amidine groups is 1. The topological polar surface area (TPSA) is 24.4 Å². The van der Waals surface area contributed by atoms with Crippen LogP contribution in [-0.2, 0) is 0 Å². The van der Waals surface area contributed by atoms with Gasteiger partial charge in [-0.2, -0.15) is 0 Å². The average molecular weight is 172 g/mol. The number of rotatable bonds is 1. The first-order valence-electron chi connectivity index (χ1n) is 4.39. The van der Waals surface area contributed by atoms with E-state index in [9.17, 15) is 0 Å². The van der Waals surface area contributed by atoms with Crippen LogP contribution in [0.5, 0.6) is 0 Å². The van der Waals surface area contributed by atoms with Crippen LogP contribution in [0.3, 0.4) is 0 Å². The maximum atomic E-state index is 4.47. The van der Waals surface area contributed by atoms with Crippen molar-refractivity contribution in [1.82, 2.24) is 5.32 Å².